The molecule has 4 N–H and O–H groups in total. The molecule has 2 heterocycles. The highest BCUT2D eigenvalue weighted by Gasteiger charge is 2.21. The Bertz CT molecular complexity index is 656. The van der Waals surface area contributed by atoms with Crippen molar-refractivity contribution in [2.45, 2.75) is 18.4 Å². The number of aromatic nitrogens is 4. The van der Waals surface area contributed by atoms with E-state index >= 15 is 0 Å². The van der Waals surface area contributed by atoms with Crippen molar-refractivity contribution in [3.05, 3.63) is 23.7 Å². The molecule has 0 aliphatic rings. The number of hydrogen-bond acceptors (Lipinski definition) is 5. The van der Waals surface area contributed by atoms with Crippen molar-refractivity contribution in [2.75, 3.05) is 4.72 Å². The molecule has 2 rings (SSSR count). The molecule has 0 unspecified atom stereocenters. The predicted molar refractivity (Wildman–Crippen MR) is 65.2 cm³/mol. The van der Waals surface area contributed by atoms with E-state index in [1.165, 1.54) is 10.9 Å². The lowest BCUT2D eigenvalue weighted by Crippen LogP contribution is -2.15. The first-order chi connectivity index (χ1) is 8.44. The molecule has 2 aromatic heterocycles. The van der Waals surface area contributed by atoms with Crippen LogP contribution in [-0.4, -0.2) is 28.4 Å². The van der Waals surface area contributed by atoms with E-state index in [4.69, 9.17) is 5.73 Å². The monoisotopic (exact) mass is 270 g/mol. The topological polar surface area (TPSA) is 119 Å². The van der Waals surface area contributed by atoms with E-state index in [1.807, 2.05) is 0 Å². The van der Waals surface area contributed by atoms with E-state index in [0.29, 0.717) is 11.3 Å². The van der Waals surface area contributed by atoms with E-state index in [0.717, 1.165) is 0 Å². The van der Waals surface area contributed by atoms with Gasteiger partial charge in [0.2, 0.25) is 0 Å². The van der Waals surface area contributed by atoms with Crippen molar-refractivity contribution in [1.29, 1.82) is 0 Å². The number of hydrogen-bond donors (Lipinski definition) is 3. The normalized spacial score (nSPS) is 11.7. The molecule has 2 aromatic rings. The molecule has 9 heteroatoms. The molecule has 0 aliphatic heterocycles. The van der Waals surface area contributed by atoms with Gasteiger partial charge in [-0.2, -0.15) is 10.2 Å². The highest BCUT2D eigenvalue weighted by Crippen LogP contribution is 2.19. The molecule has 0 fully saturated rings. The summed E-state index contributed by atoms with van der Waals surface area (Å²) in [6.07, 6.45) is 2.92. The maximum Gasteiger partial charge on any atom is 0.266 e. The number of aryl methyl sites for hydroxylation is 2. The first-order valence-electron chi connectivity index (χ1n) is 5.19. The average Bonchev–Trinajstić information content (AvgIpc) is 2.84. The summed E-state index contributed by atoms with van der Waals surface area (Å²) < 4.78 is 28.1. The molecule has 98 valence electrons. The number of nitrogens with two attached hydrogens (primary N) is 1. The lowest BCUT2D eigenvalue weighted by atomic mass is 10.3. The molecule has 0 saturated heterocycles. The van der Waals surface area contributed by atoms with Gasteiger partial charge in [0.25, 0.3) is 10.0 Å². The Kier molecular flexibility index (Phi) is 3.09. The average molecular weight is 270 g/mol. The zero-order chi connectivity index (χ0) is 13.3. The molecule has 0 aromatic carbocycles. The minimum Gasteiger partial charge on any atom is -0.326 e. The maximum absolute atomic E-state index is 12.1. The second-order valence-corrected chi connectivity index (χ2v) is 5.50. The van der Waals surface area contributed by atoms with Crippen molar-refractivity contribution >= 4 is 15.8 Å². The Balaban J connectivity index is 2.36. The Hall–Kier alpha value is -1.87. The fourth-order valence-electron chi connectivity index (χ4n) is 1.57. The van der Waals surface area contributed by atoms with Crippen LogP contribution in [-0.2, 0) is 23.6 Å². The van der Waals surface area contributed by atoms with E-state index in [1.54, 1.807) is 20.2 Å². The Morgan fingerprint density at radius 3 is 2.83 bits per heavy atom. The van der Waals surface area contributed by atoms with Gasteiger partial charge in [-0.3, -0.25) is 14.5 Å². The highest BCUT2D eigenvalue weighted by atomic mass is 32.2. The second kappa shape index (κ2) is 4.42. The maximum atomic E-state index is 12.1. The quantitative estimate of drug-likeness (QED) is 0.705. The number of aromatic amines is 1. The number of nitrogens with zero attached hydrogens (tertiary/aromatic N) is 3. The lowest BCUT2D eigenvalue weighted by Gasteiger charge is -2.05. The fourth-order valence-corrected chi connectivity index (χ4v) is 2.74. The van der Waals surface area contributed by atoms with Crippen LogP contribution in [0, 0.1) is 6.92 Å². The fraction of sp³-hybridized carbons (Fsp3) is 0.333. The Labute approximate surface area is 104 Å². The van der Waals surface area contributed by atoms with Gasteiger partial charge in [-0.25, -0.2) is 8.42 Å². The molecule has 18 heavy (non-hydrogen) atoms. The third kappa shape index (κ3) is 2.22. The number of nitrogens with one attached hydrogen (secondary N) is 2. The van der Waals surface area contributed by atoms with E-state index < -0.39 is 10.0 Å². The van der Waals surface area contributed by atoms with Crippen molar-refractivity contribution in [2.24, 2.45) is 12.8 Å². The summed E-state index contributed by atoms with van der Waals surface area (Å²) in [7, 11) is -2.00. The van der Waals surface area contributed by atoms with Gasteiger partial charge in [0.15, 0.2) is 5.82 Å². The van der Waals surface area contributed by atoms with Gasteiger partial charge in [-0.1, -0.05) is 0 Å². The van der Waals surface area contributed by atoms with Crippen LogP contribution in [0.2, 0.25) is 0 Å². The molecule has 0 saturated carbocycles. The summed E-state index contributed by atoms with van der Waals surface area (Å²) in [4.78, 5) is 0.0936. The van der Waals surface area contributed by atoms with Gasteiger partial charge in [0.05, 0.1) is 11.9 Å². The summed E-state index contributed by atoms with van der Waals surface area (Å²) in [5.41, 5.74) is 6.62. The molecule has 8 nitrogen and oxygen atoms in total. The number of sulfonamides is 1. The molecule has 0 spiro atoms. The smallest absolute Gasteiger partial charge is 0.266 e. The molecule has 0 aliphatic carbocycles. The highest BCUT2D eigenvalue weighted by molar-refractivity contribution is 7.92. The molecule has 0 bridgehead atoms. The van der Waals surface area contributed by atoms with Crippen LogP contribution >= 0.6 is 0 Å². The van der Waals surface area contributed by atoms with Gasteiger partial charge in [0.1, 0.15) is 4.90 Å². The van der Waals surface area contributed by atoms with Gasteiger partial charge >= 0.3 is 0 Å². The predicted octanol–water partition coefficient (Wildman–Crippen LogP) is -0.289. The van der Waals surface area contributed by atoms with E-state index in [9.17, 15) is 8.42 Å². The number of anilines is 1. The van der Waals surface area contributed by atoms with E-state index in [-0.39, 0.29) is 17.3 Å². The zero-order valence-electron chi connectivity index (χ0n) is 10.0. The van der Waals surface area contributed by atoms with Crippen LogP contribution in [0.5, 0.6) is 0 Å². The van der Waals surface area contributed by atoms with Crippen molar-refractivity contribution in [1.82, 2.24) is 20.0 Å². The molecule has 0 atom stereocenters. The molecular weight excluding hydrogens is 256 g/mol. The molecule has 0 radical (unpaired) electrons. The third-order valence-electron chi connectivity index (χ3n) is 2.43. The lowest BCUT2D eigenvalue weighted by molar-refractivity contribution is 0.600. The summed E-state index contributed by atoms with van der Waals surface area (Å²) in [6, 6.07) is 0. The first kappa shape index (κ1) is 12.6. The van der Waals surface area contributed by atoms with Gasteiger partial charge in [-0.05, 0) is 6.92 Å². The SMILES string of the molecule is Cc1[nH]ncc1S(=O)(=O)Nc1nn(C)cc1CN. The standard InChI is InChI=1S/C9H14N6O2S/c1-6-8(4-11-12-6)18(16,17)14-9-7(3-10)5-15(2)13-9/h4-5H,3,10H2,1-2H3,(H,11,12)(H,13,14). The minimum absolute atomic E-state index is 0.0936. The zero-order valence-corrected chi connectivity index (χ0v) is 10.8. The van der Waals surface area contributed by atoms with Crippen LogP contribution < -0.4 is 10.5 Å². The first-order valence-corrected chi connectivity index (χ1v) is 6.67. The van der Waals surface area contributed by atoms with Crippen LogP contribution in [0.1, 0.15) is 11.3 Å². The van der Waals surface area contributed by atoms with Gasteiger partial charge in [-0.15, -0.1) is 0 Å². The number of H-pyrrole nitrogens is 1. The number of rotatable bonds is 4. The van der Waals surface area contributed by atoms with E-state index in [2.05, 4.69) is 20.0 Å². The summed E-state index contributed by atoms with van der Waals surface area (Å²) in [5.74, 6) is 0.237. The van der Waals surface area contributed by atoms with Crippen molar-refractivity contribution in [3.63, 3.8) is 0 Å². The van der Waals surface area contributed by atoms with Crippen LogP contribution in [0.15, 0.2) is 17.3 Å². The minimum atomic E-state index is -3.70. The van der Waals surface area contributed by atoms with Gasteiger partial charge < -0.3 is 5.73 Å². The second-order valence-electron chi connectivity index (χ2n) is 3.85. The van der Waals surface area contributed by atoms with Gasteiger partial charge in [0, 0.05) is 25.4 Å². The van der Waals surface area contributed by atoms with Crippen molar-refractivity contribution in [3.8, 4) is 0 Å². The Morgan fingerprint density at radius 2 is 2.28 bits per heavy atom. The van der Waals surface area contributed by atoms with Crippen LogP contribution in [0.3, 0.4) is 0 Å². The van der Waals surface area contributed by atoms with Crippen molar-refractivity contribution < 1.29 is 8.42 Å². The summed E-state index contributed by atoms with van der Waals surface area (Å²) in [6.45, 7) is 1.83. The summed E-state index contributed by atoms with van der Waals surface area (Å²) in [5, 5.41) is 10.3. The molecular formula is C9H14N6O2S. The van der Waals surface area contributed by atoms with Crippen LogP contribution in [0.4, 0.5) is 5.82 Å². The molecule has 0 amide bonds. The third-order valence-corrected chi connectivity index (χ3v) is 3.88. The largest absolute Gasteiger partial charge is 0.326 e. The van der Waals surface area contributed by atoms with Crippen LogP contribution in [0.25, 0.3) is 0 Å². The Morgan fingerprint density at radius 1 is 1.56 bits per heavy atom. The summed E-state index contributed by atoms with van der Waals surface area (Å²) >= 11 is 0.